The fraction of sp³-hybridized carbons (Fsp3) is 0.429. The topological polar surface area (TPSA) is 57.6 Å². The van der Waals surface area contributed by atoms with Crippen LogP contribution in [0.3, 0.4) is 0 Å². The third-order valence-electron chi connectivity index (χ3n) is 6.03. The van der Waals surface area contributed by atoms with E-state index in [9.17, 15) is 13.5 Å². The van der Waals surface area contributed by atoms with Crippen molar-refractivity contribution in [1.29, 1.82) is 0 Å². The molecule has 138 valence electrons. The van der Waals surface area contributed by atoms with Gasteiger partial charge < -0.3 is 5.11 Å². The van der Waals surface area contributed by atoms with E-state index in [1.54, 1.807) is 16.4 Å². The van der Waals surface area contributed by atoms with Crippen LogP contribution in [0.25, 0.3) is 11.1 Å². The van der Waals surface area contributed by atoms with Crippen molar-refractivity contribution < 1.29 is 13.5 Å². The van der Waals surface area contributed by atoms with Crippen molar-refractivity contribution in [3.8, 4) is 11.1 Å². The summed E-state index contributed by atoms with van der Waals surface area (Å²) >= 11 is 0. The molecule has 1 saturated heterocycles. The van der Waals surface area contributed by atoms with E-state index in [0.717, 1.165) is 43.2 Å². The quantitative estimate of drug-likeness (QED) is 0.896. The van der Waals surface area contributed by atoms with Crippen LogP contribution < -0.4 is 0 Å². The maximum Gasteiger partial charge on any atom is 0.243 e. The summed E-state index contributed by atoms with van der Waals surface area (Å²) < 4.78 is 27.8. The molecule has 1 N–H and O–H groups in total. The molecule has 26 heavy (non-hydrogen) atoms. The molecule has 2 atom stereocenters. The number of rotatable bonds is 3. The highest BCUT2D eigenvalue weighted by Crippen LogP contribution is 2.46. The molecule has 4 rings (SSSR count). The van der Waals surface area contributed by atoms with Crippen LogP contribution in [0.2, 0.25) is 0 Å². The number of piperidine rings is 1. The molecular weight excluding hydrogens is 346 g/mol. The smallest absolute Gasteiger partial charge is 0.243 e. The lowest BCUT2D eigenvalue weighted by Gasteiger charge is -2.41. The summed E-state index contributed by atoms with van der Waals surface area (Å²) in [6, 6.07) is 17.1. The molecule has 2 fully saturated rings. The van der Waals surface area contributed by atoms with E-state index in [1.165, 1.54) is 0 Å². The SMILES string of the molecule is O=S(=O)(c1ccc(-c2ccccc2)cc1)N1CCC[C@@]2(CCC[C@H]2O)C1. The van der Waals surface area contributed by atoms with E-state index in [1.807, 2.05) is 42.5 Å². The lowest BCUT2D eigenvalue weighted by atomic mass is 9.77. The highest BCUT2D eigenvalue weighted by molar-refractivity contribution is 7.89. The molecule has 5 heteroatoms. The van der Waals surface area contributed by atoms with E-state index >= 15 is 0 Å². The van der Waals surface area contributed by atoms with Gasteiger partial charge >= 0.3 is 0 Å². The molecule has 0 radical (unpaired) electrons. The highest BCUT2D eigenvalue weighted by atomic mass is 32.2. The summed E-state index contributed by atoms with van der Waals surface area (Å²) in [6.07, 6.45) is 4.07. The van der Waals surface area contributed by atoms with Crippen LogP contribution in [0.15, 0.2) is 59.5 Å². The van der Waals surface area contributed by atoms with Crippen LogP contribution in [0.4, 0.5) is 0 Å². The van der Waals surface area contributed by atoms with Crippen molar-refractivity contribution in [3.05, 3.63) is 54.6 Å². The maximum absolute atomic E-state index is 13.1. The number of sulfonamides is 1. The summed E-state index contributed by atoms with van der Waals surface area (Å²) in [7, 11) is -3.53. The first-order valence-electron chi connectivity index (χ1n) is 9.35. The zero-order chi connectivity index (χ0) is 18.2. The van der Waals surface area contributed by atoms with Crippen molar-refractivity contribution in [2.24, 2.45) is 5.41 Å². The molecule has 1 saturated carbocycles. The van der Waals surface area contributed by atoms with Crippen molar-refractivity contribution in [1.82, 2.24) is 4.31 Å². The van der Waals surface area contributed by atoms with Gasteiger partial charge in [0.15, 0.2) is 0 Å². The third-order valence-corrected chi connectivity index (χ3v) is 7.89. The predicted octanol–water partition coefficient (Wildman–Crippen LogP) is 3.67. The van der Waals surface area contributed by atoms with Gasteiger partial charge in [-0.1, -0.05) is 48.9 Å². The Hall–Kier alpha value is -1.69. The second kappa shape index (κ2) is 6.80. The Balaban J connectivity index is 1.58. The molecule has 2 aromatic rings. The standard InChI is InChI=1S/C21H25NO3S/c23-20-8-4-13-21(20)14-5-15-22(16-21)26(24,25)19-11-9-18(10-12-19)17-6-2-1-3-7-17/h1-3,6-7,9-12,20,23H,4-5,8,13-16H2/t20-,21+/m1/s1. The summed E-state index contributed by atoms with van der Waals surface area (Å²) in [5, 5.41) is 10.4. The molecule has 1 heterocycles. The molecule has 2 aliphatic rings. The maximum atomic E-state index is 13.1. The highest BCUT2D eigenvalue weighted by Gasteiger charge is 2.47. The first-order valence-corrected chi connectivity index (χ1v) is 10.8. The van der Waals surface area contributed by atoms with Crippen LogP contribution >= 0.6 is 0 Å². The fourth-order valence-corrected chi connectivity index (χ4v) is 6.09. The van der Waals surface area contributed by atoms with Crippen molar-refractivity contribution >= 4 is 10.0 Å². The molecule has 0 aromatic heterocycles. The second-order valence-corrected chi connectivity index (χ2v) is 9.54. The van der Waals surface area contributed by atoms with Gasteiger partial charge in [0.05, 0.1) is 11.0 Å². The van der Waals surface area contributed by atoms with Gasteiger partial charge in [-0.05, 0) is 48.9 Å². The minimum absolute atomic E-state index is 0.241. The molecule has 0 unspecified atom stereocenters. The van der Waals surface area contributed by atoms with E-state index in [0.29, 0.717) is 18.0 Å². The number of hydrogen-bond donors (Lipinski definition) is 1. The molecule has 0 amide bonds. The van der Waals surface area contributed by atoms with Crippen molar-refractivity contribution in [2.75, 3.05) is 13.1 Å². The lowest BCUT2D eigenvalue weighted by Crippen LogP contribution is -2.49. The van der Waals surface area contributed by atoms with Crippen LogP contribution in [0.5, 0.6) is 0 Å². The minimum Gasteiger partial charge on any atom is -0.392 e. The molecule has 4 nitrogen and oxygen atoms in total. The Labute approximate surface area is 155 Å². The van der Waals surface area contributed by atoms with Gasteiger partial charge in [0.2, 0.25) is 10.0 Å². The molecular formula is C21H25NO3S. The van der Waals surface area contributed by atoms with E-state index in [-0.39, 0.29) is 11.5 Å². The summed E-state index contributed by atoms with van der Waals surface area (Å²) in [5.41, 5.74) is 1.84. The van der Waals surface area contributed by atoms with Gasteiger partial charge in [0.1, 0.15) is 0 Å². The Morgan fingerprint density at radius 1 is 0.923 bits per heavy atom. The Kier molecular flexibility index (Phi) is 4.63. The van der Waals surface area contributed by atoms with E-state index in [4.69, 9.17) is 0 Å². The monoisotopic (exact) mass is 371 g/mol. The number of aliphatic hydroxyl groups is 1. The summed E-state index contributed by atoms with van der Waals surface area (Å²) in [4.78, 5) is 0.335. The zero-order valence-corrected chi connectivity index (χ0v) is 15.7. The fourth-order valence-electron chi connectivity index (χ4n) is 4.52. The largest absolute Gasteiger partial charge is 0.392 e. The molecule has 1 spiro atoms. The average Bonchev–Trinajstić information content (AvgIpc) is 3.02. The second-order valence-electron chi connectivity index (χ2n) is 7.60. The van der Waals surface area contributed by atoms with Gasteiger partial charge in [-0.15, -0.1) is 0 Å². The van der Waals surface area contributed by atoms with Crippen LogP contribution in [-0.4, -0.2) is 37.0 Å². The average molecular weight is 372 g/mol. The van der Waals surface area contributed by atoms with Gasteiger partial charge in [-0.25, -0.2) is 8.42 Å². The number of nitrogens with zero attached hydrogens (tertiary/aromatic N) is 1. The number of aliphatic hydroxyl groups excluding tert-OH is 1. The number of benzene rings is 2. The molecule has 1 aliphatic carbocycles. The Bertz CT molecular complexity index is 864. The Morgan fingerprint density at radius 2 is 1.58 bits per heavy atom. The van der Waals surface area contributed by atoms with Crippen LogP contribution in [0, 0.1) is 5.41 Å². The molecule has 0 bridgehead atoms. The summed E-state index contributed by atoms with van der Waals surface area (Å²) in [6.45, 7) is 0.980. The normalized spacial score (nSPS) is 27.0. The predicted molar refractivity (Wildman–Crippen MR) is 102 cm³/mol. The van der Waals surface area contributed by atoms with Crippen molar-refractivity contribution in [3.63, 3.8) is 0 Å². The zero-order valence-electron chi connectivity index (χ0n) is 14.8. The van der Waals surface area contributed by atoms with Gasteiger partial charge in [0, 0.05) is 18.5 Å². The lowest BCUT2D eigenvalue weighted by molar-refractivity contribution is 0.0127. The van der Waals surface area contributed by atoms with Gasteiger partial charge in [-0.2, -0.15) is 4.31 Å². The summed E-state index contributed by atoms with van der Waals surface area (Å²) in [5.74, 6) is 0. The van der Waals surface area contributed by atoms with Crippen LogP contribution in [-0.2, 0) is 10.0 Å². The van der Waals surface area contributed by atoms with E-state index < -0.39 is 10.0 Å². The van der Waals surface area contributed by atoms with Gasteiger partial charge in [-0.3, -0.25) is 0 Å². The van der Waals surface area contributed by atoms with Gasteiger partial charge in [0.25, 0.3) is 0 Å². The first-order chi connectivity index (χ1) is 12.5. The number of hydrogen-bond acceptors (Lipinski definition) is 3. The minimum atomic E-state index is -3.53. The molecule has 2 aromatic carbocycles. The third kappa shape index (κ3) is 3.08. The Morgan fingerprint density at radius 3 is 2.23 bits per heavy atom. The van der Waals surface area contributed by atoms with E-state index in [2.05, 4.69) is 0 Å². The first kappa shape index (κ1) is 17.7. The molecule has 1 aliphatic heterocycles. The van der Waals surface area contributed by atoms with Crippen LogP contribution in [0.1, 0.15) is 32.1 Å². The van der Waals surface area contributed by atoms with Crippen molar-refractivity contribution in [2.45, 2.75) is 43.1 Å².